The van der Waals surface area contributed by atoms with Gasteiger partial charge in [0.25, 0.3) is 5.91 Å². The fourth-order valence-electron chi connectivity index (χ4n) is 4.34. The first kappa shape index (κ1) is 31.7. The Labute approximate surface area is 257 Å². The SMILES string of the molecule is CSCC[C@H](NC(=O)CN1C(=O)C(N(C)C(=O)C(N)CS)N=C(c2ccccc2)c2ccccc21)C(=O)Oc1nnn[nH]1. The second-order valence-electron chi connectivity index (χ2n) is 9.43. The van der Waals surface area contributed by atoms with Crippen LogP contribution in [0.25, 0.3) is 0 Å². The Kier molecular flexibility index (Phi) is 10.9. The van der Waals surface area contributed by atoms with Crippen LogP contribution < -0.4 is 20.7 Å². The number of fused-ring (bicyclic) bond motifs is 1. The largest absolute Gasteiger partial charge is 0.388 e. The molecule has 4 rings (SSSR count). The van der Waals surface area contributed by atoms with Crippen LogP contribution in [0.15, 0.2) is 59.6 Å². The number of carbonyl (C=O) groups is 4. The summed E-state index contributed by atoms with van der Waals surface area (Å²) in [6.07, 6.45) is 0.768. The van der Waals surface area contributed by atoms with E-state index in [2.05, 4.69) is 38.6 Å². The minimum absolute atomic E-state index is 0.0589. The van der Waals surface area contributed by atoms with E-state index in [-0.39, 0.29) is 18.2 Å². The van der Waals surface area contributed by atoms with E-state index < -0.39 is 48.5 Å². The van der Waals surface area contributed by atoms with Crippen molar-refractivity contribution in [3.8, 4) is 6.01 Å². The molecule has 1 aromatic heterocycles. The molecule has 0 spiro atoms. The minimum atomic E-state index is -1.34. The molecule has 0 saturated carbocycles. The van der Waals surface area contributed by atoms with Crippen LogP contribution in [-0.2, 0) is 19.2 Å². The lowest BCUT2D eigenvalue weighted by Crippen LogP contribution is -2.55. The number of aromatic nitrogens is 4. The molecular formula is C27H31N9O5S2. The molecule has 2 aromatic carbocycles. The van der Waals surface area contributed by atoms with E-state index in [0.29, 0.717) is 28.3 Å². The van der Waals surface area contributed by atoms with E-state index in [1.54, 1.807) is 24.3 Å². The molecule has 0 fully saturated rings. The fourth-order valence-corrected chi connectivity index (χ4v) is 4.97. The maximum Gasteiger partial charge on any atom is 0.340 e. The summed E-state index contributed by atoms with van der Waals surface area (Å²) in [6, 6.07) is 14.0. The number of thioether (sulfide) groups is 1. The zero-order chi connectivity index (χ0) is 30.9. The highest BCUT2D eigenvalue weighted by Crippen LogP contribution is 2.29. The van der Waals surface area contributed by atoms with E-state index in [0.717, 1.165) is 4.90 Å². The fraction of sp³-hybridized carbons (Fsp3) is 0.333. The van der Waals surface area contributed by atoms with Crippen molar-refractivity contribution in [1.29, 1.82) is 0 Å². The number of aromatic amines is 1. The molecule has 0 aliphatic carbocycles. The van der Waals surface area contributed by atoms with Gasteiger partial charge < -0.3 is 20.7 Å². The van der Waals surface area contributed by atoms with Crippen LogP contribution in [0.1, 0.15) is 17.5 Å². The van der Waals surface area contributed by atoms with Gasteiger partial charge in [-0.15, -0.1) is 0 Å². The molecule has 2 heterocycles. The molecule has 226 valence electrons. The zero-order valence-electron chi connectivity index (χ0n) is 23.4. The minimum Gasteiger partial charge on any atom is -0.388 e. The number of hydrogen-bond acceptors (Lipinski definition) is 12. The number of tetrazole rings is 1. The van der Waals surface area contributed by atoms with Crippen LogP contribution in [-0.4, -0.2) is 105 Å². The third-order valence-electron chi connectivity index (χ3n) is 6.52. The van der Waals surface area contributed by atoms with Gasteiger partial charge in [-0.3, -0.25) is 19.3 Å². The number of hydrogen-bond donors (Lipinski definition) is 4. The number of anilines is 1. The van der Waals surface area contributed by atoms with Gasteiger partial charge in [-0.25, -0.2) is 14.9 Å². The third-order valence-corrected chi connectivity index (χ3v) is 7.56. The summed E-state index contributed by atoms with van der Waals surface area (Å²) in [6.45, 7) is -0.475. The van der Waals surface area contributed by atoms with Crippen molar-refractivity contribution < 1.29 is 23.9 Å². The molecule has 1 aliphatic heterocycles. The normalized spacial score (nSPS) is 15.9. The number of amides is 3. The lowest BCUT2D eigenvalue weighted by atomic mass is 10.0. The van der Waals surface area contributed by atoms with Crippen molar-refractivity contribution in [2.45, 2.75) is 24.7 Å². The summed E-state index contributed by atoms with van der Waals surface area (Å²) in [5.41, 5.74) is 8.11. The maximum absolute atomic E-state index is 14.1. The number of nitrogens with zero attached hydrogens (tertiary/aromatic N) is 6. The molecule has 2 unspecified atom stereocenters. The number of benzene rings is 2. The lowest BCUT2D eigenvalue weighted by molar-refractivity contribution is -0.140. The Hall–Kier alpha value is -4.28. The van der Waals surface area contributed by atoms with Crippen LogP contribution in [0.4, 0.5) is 5.69 Å². The molecule has 0 saturated heterocycles. The van der Waals surface area contributed by atoms with E-state index in [1.165, 1.54) is 23.7 Å². The zero-order valence-corrected chi connectivity index (χ0v) is 25.1. The van der Waals surface area contributed by atoms with Crippen molar-refractivity contribution >= 4 is 59.5 Å². The van der Waals surface area contributed by atoms with Gasteiger partial charge in [-0.05, 0) is 34.9 Å². The number of carbonyl (C=O) groups excluding carboxylic acids is 4. The quantitative estimate of drug-likeness (QED) is 0.161. The monoisotopic (exact) mass is 625 g/mol. The molecule has 0 bridgehead atoms. The summed E-state index contributed by atoms with van der Waals surface area (Å²) in [4.78, 5) is 60.7. The molecular weight excluding hydrogens is 594 g/mol. The van der Waals surface area contributed by atoms with E-state index in [4.69, 9.17) is 15.5 Å². The van der Waals surface area contributed by atoms with Gasteiger partial charge in [-0.2, -0.15) is 24.4 Å². The molecule has 3 amide bonds. The van der Waals surface area contributed by atoms with Crippen LogP contribution in [0.2, 0.25) is 0 Å². The van der Waals surface area contributed by atoms with Gasteiger partial charge in [-0.1, -0.05) is 53.6 Å². The average Bonchev–Trinajstić information content (AvgIpc) is 3.50. The lowest BCUT2D eigenvalue weighted by Gasteiger charge is -2.30. The van der Waals surface area contributed by atoms with Crippen LogP contribution in [0.3, 0.4) is 0 Å². The third kappa shape index (κ3) is 7.57. The summed E-state index contributed by atoms with van der Waals surface area (Å²) in [5.74, 6) is -1.99. The van der Waals surface area contributed by atoms with Crippen LogP contribution >= 0.6 is 24.4 Å². The first-order valence-corrected chi connectivity index (χ1v) is 15.2. The molecule has 3 aromatic rings. The van der Waals surface area contributed by atoms with Crippen molar-refractivity contribution in [3.63, 3.8) is 0 Å². The molecule has 14 nitrogen and oxygen atoms in total. The predicted octanol–water partition coefficient (Wildman–Crippen LogP) is 0.269. The Morgan fingerprint density at radius 1 is 1.19 bits per heavy atom. The average molecular weight is 626 g/mol. The van der Waals surface area contributed by atoms with Gasteiger partial charge in [0.2, 0.25) is 18.0 Å². The molecule has 4 N–H and O–H groups in total. The van der Waals surface area contributed by atoms with Gasteiger partial charge in [0.05, 0.1) is 17.4 Å². The second kappa shape index (κ2) is 14.8. The van der Waals surface area contributed by atoms with Crippen LogP contribution in [0, 0.1) is 0 Å². The predicted molar refractivity (Wildman–Crippen MR) is 164 cm³/mol. The summed E-state index contributed by atoms with van der Waals surface area (Å²) < 4.78 is 5.16. The topological polar surface area (TPSA) is 189 Å². The summed E-state index contributed by atoms with van der Waals surface area (Å²) in [5, 5.41) is 15.3. The Balaban J connectivity index is 1.69. The smallest absolute Gasteiger partial charge is 0.340 e. The Bertz CT molecular complexity index is 1470. The van der Waals surface area contributed by atoms with Crippen LogP contribution in [0.5, 0.6) is 6.01 Å². The highest BCUT2D eigenvalue weighted by Gasteiger charge is 2.38. The highest BCUT2D eigenvalue weighted by atomic mass is 32.2. The van der Waals surface area contributed by atoms with Gasteiger partial charge in [0.15, 0.2) is 0 Å². The number of nitrogens with one attached hydrogen (secondary N) is 2. The molecule has 3 atom stereocenters. The first-order valence-electron chi connectivity index (χ1n) is 13.2. The van der Waals surface area contributed by atoms with E-state index >= 15 is 0 Å². The maximum atomic E-state index is 14.1. The Morgan fingerprint density at radius 2 is 1.91 bits per heavy atom. The number of nitrogens with two attached hydrogens (primary N) is 1. The van der Waals surface area contributed by atoms with Gasteiger partial charge in [0, 0.05) is 23.9 Å². The molecule has 16 heteroatoms. The molecule has 43 heavy (non-hydrogen) atoms. The van der Waals surface area contributed by atoms with Crippen molar-refractivity contribution in [2.24, 2.45) is 10.7 Å². The summed E-state index contributed by atoms with van der Waals surface area (Å²) >= 11 is 5.61. The highest BCUT2D eigenvalue weighted by molar-refractivity contribution is 7.98. The van der Waals surface area contributed by atoms with E-state index in [9.17, 15) is 19.2 Å². The number of benzodiazepines with no additional fused rings is 1. The first-order chi connectivity index (χ1) is 20.7. The van der Waals surface area contributed by atoms with Crippen molar-refractivity contribution in [3.05, 3.63) is 65.7 Å². The number of rotatable bonds is 12. The van der Waals surface area contributed by atoms with Crippen molar-refractivity contribution in [1.82, 2.24) is 30.8 Å². The number of ether oxygens (including phenoxy) is 1. The van der Waals surface area contributed by atoms with E-state index in [1.807, 2.05) is 36.6 Å². The van der Waals surface area contributed by atoms with Gasteiger partial charge in [0.1, 0.15) is 12.6 Å². The Morgan fingerprint density at radius 3 is 2.58 bits per heavy atom. The van der Waals surface area contributed by atoms with Crippen molar-refractivity contribution in [2.75, 3.05) is 36.3 Å². The molecule has 0 radical (unpaired) electrons. The molecule has 1 aliphatic rings. The number of likely N-dealkylation sites (N-methyl/N-ethyl adjacent to an activating group) is 1. The number of thiol groups is 1. The van der Waals surface area contributed by atoms with Gasteiger partial charge >= 0.3 is 12.0 Å². The standard InChI is InChI=1S/C27H31N9O5S2/c1-35(24(38)18(28)15-42)23-25(39)36(20-11-7-6-10-17(20)22(30-23)16-8-4-3-5-9-16)14-21(37)29-19(12-13-43-2)26(40)41-27-31-33-34-32-27/h3-11,18-19,23,42H,12-15,28H2,1-2H3,(H,29,37)(H,31,32,33,34)/t18?,19-,23?/m0/s1. The number of H-pyrrole nitrogens is 1. The summed E-state index contributed by atoms with van der Waals surface area (Å²) in [7, 11) is 1.43. The number of para-hydroxylation sites is 1. The second-order valence-corrected chi connectivity index (χ2v) is 10.8. The number of esters is 1. The number of aliphatic imine (C=N–C) groups is 1.